The standard InChI is InChI=1S/C10H16N4O5/c1-3-18-10(16)8-9(11)14(13-12-8)6-7(15)19-5-4-17-2/h3-6,11H2,1-2H3. The van der Waals surface area contributed by atoms with E-state index < -0.39 is 11.9 Å². The predicted molar refractivity (Wildman–Crippen MR) is 63.2 cm³/mol. The summed E-state index contributed by atoms with van der Waals surface area (Å²) in [6, 6.07) is 0. The van der Waals surface area contributed by atoms with E-state index in [1.165, 1.54) is 7.11 Å². The maximum Gasteiger partial charge on any atom is 0.362 e. The monoisotopic (exact) mass is 272 g/mol. The number of nitrogen functional groups attached to an aromatic ring is 1. The Morgan fingerprint density at radius 3 is 2.68 bits per heavy atom. The number of ether oxygens (including phenoxy) is 3. The first-order valence-corrected chi connectivity index (χ1v) is 5.60. The molecule has 0 fully saturated rings. The van der Waals surface area contributed by atoms with Crippen LogP contribution in [0.25, 0.3) is 0 Å². The number of aromatic nitrogens is 3. The van der Waals surface area contributed by atoms with E-state index in [0.29, 0.717) is 6.61 Å². The SMILES string of the molecule is CCOC(=O)c1nnn(CC(=O)OCCOC)c1N. The van der Waals surface area contributed by atoms with Crippen molar-refractivity contribution in [3.05, 3.63) is 5.69 Å². The summed E-state index contributed by atoms with van der Waals surface area (Å²) in [6.07, 6.45) is 0. The first-order valence-electron chi connectivity index (χ1n) is 5.60. The summed E-state index contributed by atoms with van der Waals surface area (Å²) in [5.41, 5.74) is 5.52. The Kier molecular flexibility index (Phi) is 5.73. The zero-order chi connectivity index (χ0) is 14.3. The molecule has 2 N–H and O–H groups in total. The minimum Gasteiger partial charge on any atom is -0.462 e. The van der Waals surface area contributed by atoms with Crippen LogP contribution in [0.2, 0.25) is 0 Å². The second kappa shape index (κ2) is 7.31. The second-order valence-corrected chi connectivity index (χ2v) is 3.41. The van der Waals surface area contributed by atoms with Crippen molar-refractivity contribution in [1.82, 2.24) is 15.0 Å². The van der Waals surface area contributed by atoms with Gasteiger partial charge < -0.3 is 19.9 Å². The smallest absolute Gasteiger partial charge is 0.362 e. The van der Waals surface area contributed by atoms with Crippen molar-refractivity contribution < 1.29 is 23.8 Å². The molecule has 1 aromatic rings. The van der Waals surface area contributed by atoms with E-state index in [9.17, 15) is 9.59 Å². The van der Waals surface area contributed by atoms with Gasteiger partial charge in [-0.1, -0.05) is 5.21 Å². The molecule has 0 aromatic carbocycles. The van der Waals surface area contributed by atoms with Crippen LogP contribution in [-0.4, -0.2) is 53.9 Å². The van der Waals surface area contributed by atoms with Crippen molar-refractivity contribution in [3.8, 4) is 0 Å². The largest absolute Gasteiger partial charge is 0.462 e. The Labute approximate surface area is 109 Å². The Morgan fingerprint density at radius 1 is 1.32 bits per heavy atom. The van der Waals surface area contributed by atoms with Gasteiger partial charge in [0.05, 0.1) is 13.2 Å². The number of esters is 2. The molecule has 0 aliphatic rings. The van der Waals surface area contributed by atoms with E-state index >= 15 is 0 Å². The van der Waals surface area contributed by atoms with Gasteiger partial charge >= 0.3 is 11.9 Å². The minimum atomic E-state index is -0.681. The summed E-state index contributed by atoms with van der Waals surface area (Å²) < 4.78 is 15.4. The van der Waals surface area contributed by atoms with E-state index in [-0.39, 0.29) is 31.3 Å². The van der Waals surface area contributed by atoms with Gasteiger partial charge in [0, 0.05) is 7.11 Å². The number of hydrogen-bond donors (Lipinski definition) is 1. The van der Waals surface area contributed by atoms with Gasteiger partial charge in [0.1, 0.15) is 13.2 Å². The zero-order valence-electron chi connectivity index (χ0n) is 10.8. The van der Waals surface area contributed by atoms with Crippen LogP contribution in [-0.2, 0) is 25.5 Å². The number of methoxy groups -OCH3 is 1. The lowest BCUT2D eigenvalue weighted by molar-refractivity contribution is -0.145. The highest BCUT2D eigenvalue weighted by atomic mass is 16.6. The molecule has 0 radical (unpaired) electrons. The molecule has 19 heavy (non-hydrogen) atoms. The van der Waals surface area contributed by atoms with Gasteiger partial charge in [-0.05, 0) is 6.92 Å². The van der Waals surface area contributed by atoms with Crippen LogP contribution in [0.15, 0.2) is 0 Å². The molecule has 0 atom stereocenters. The van der Waals surface area contributed by atoms with Gasteiger partial charge in [0.25, 0.3) is 0 Å². The second-order valence-electron chi connectivity index (χ2n) is 3.41. The van der Waals surface area contributed by atoms with Crippen molar-refractivity contribution in [2.24, 2.45) is 0 Å². The molecule has 0 spiro atoms. The fourth-order valence-corrected chi connectivity index (χ4v) is 1.19. The van der Waals surface area contributed by atoms with E-state index in [1.807, 2.05) is 0 Å². The third-order valence-corrected chi connectivity index (χ3v) is 2.07. The highest BCUT2D eigenvalue weighted by Crippen LogP contribution is 2.09. The number of hydrogen-bond acceptors (Lipinski definition) is 8. The summed E-state index contributed by atoms with van der Waals surface area (Å²) in [7, 11) is 1.49. The van der Waals surface area contributed by atoms with E-state index in [0.717, 1.165) is 4.68 Å². The quantitative estimate of drug-likeness (QED) is 0.507. The number of anilines is 1. The Morgan fingerprint density at radius 2 is 2.05 bits per heavy atom. The average molecular weight is 272 g/mol. The Bertz CT molecular complexity index is 445. The maximum absolute atomic E-state index is 11.4. The normalized spacial score (nSPS) is 10.2. The summed E-state index contributed by atoms with van der Waals surface area (Å²) >= 11 is 0. The molecule has 0 saturated carbocycles. The van der Waals surface area contributed by atoms with Crippen LogP contribution in [0.3, 0.4) is 0 Å². The third kappa shape index (κ3) is 4.21. The van der Waals surface area contributed by atoms with Gasteiger partial charge in [0.2, 0.25) is 5.69 Å². The summed E-state index contributed by atoms with van der Waals surface area (Å²) in [4.78, 5) is 22.8. The molecule has 9 heteroatoms. The molecule has 0 saturated heterocycles. The van der Waals surface area contributed by atoms with E-state index in [4.69, 9.17) is 19.9 Å². The first-order chi connectivity index (χ1) is 9.10. The summed E-state index contributed by atoms with van der Waals surface area (Å²) in [5.74, 6) is -1.27. The van der Waals surface area contributed by atoms with Gasteiger partial charge in [-0.3, -0.25) is 4.79 Å². The van der Waals surface area contributed by atoms with Crippen LogP contribution in [0.1, 0.15) is 17.4 Å². The van der Waals surface area contributed by atoms with Crippen LogP contribution in [0, 0.1) is 0 Å². The molecule has 9 nitrogen and oxygen atoms in total. The molecule has 0 amide bonds. The zero-order valence-corrected chi connectivity index (χ0v) is 10.8. The van der Waals surface area contributed by atoms with Gasteiger partial charge in [-0.15, -0.1) is 5.10 Å². The van der Waals surface area contributed by atoms with Gasteiger partial charge in [-0.25, -0.2) is 9.48 Å². The lowest BCUT2D eigenvalue weighted by Gasteiger charge is -2.05. The molecule has 1 heterocycles. The topological polar surface area (TPSA) is 119 Å². The van der Waals surface area contributed by atoms with Crippen molar-refractivity contribution in [1.29, 1.82) is 0 Å². The maximum atomic E-state index is 11.4. The highest BCUT2D eigenvalue weighted by molar-refractivity contribution is 5.92. The molecular formula is C10H16N4O5. The molecule has 1 aromatic heterocycles. The number of carbonyl (C=O) groups excluding carboxylic acids is 2. The Hall–Kier alpha value is -2.16. The number of rotatable bonds is 7. The van der Waals surface area contributed by atoms with Gasteiger partial charge in [0.15, 0.2) is 5.82 Å². The number of carbonyl (C=O) groups is 2. The van der Waals surface area contributed by atoms with Crippen LogP contribution < -0.4 is 5.73 Å². The van der Waals surface area contributed by atoms with Gasteiger partial charge in [-0.2, -0.15) is 0 Å². The van der Waals surface area contributed by atoms with Crippen LogP contribution >= 0.6 is 0 Å². The van der Waals surface area contributed by atoms with Crippen LogP contribution in [0.4, 0.5) is 5.82 Å². The predicted octanol–water partition coefficient (Wildman–Crippen LogP) is -0.773. The number of nitrogens with two attached hydrogens (primary N) is 1. The summed E-state index contributed by atoms with van der Waals surface area (Å²) in [5, 5.41) is 7.16. The lowest BCUT2D eigenvalue weighted by atomic mass is 10.4. The fourth-order valence-electron chi connectivity index (χ4n) is 1.19. The van der Waals surface area contributed by atoms with E-state index in [2.05, 4.69) is 10.3 Å². The highest BCUT2D eigenvalue weighted by Gasteiger charge is 2.20. The molecule has 0 aliphatic heterocycles. The average Bonchev–Trinajstić information content (AvgIpc) is 2.72. The van der Waals surface area contributed by atoms with Crippen molar-refractivity contribution in [2.75, 3.05) is 32.7 Å². The van der Waals surface area contributed by atoms with Crippen molar-refractivity contribution in [2.45, 2.75) is 13.5 Å². The Balaban J connectivity index is 2.60. The van der Waals surface area contributed by atoms with Crippen LogP contribution in [0.5, 0.6) is 0 Å². The molecule has 0 bridgehead atoms. The molecule has 1 rings (SSSR count). The third-order valence-electron chi connectivity index (χ3n) is 2.07. The first kappa shape index (κ1) is 14.9. The lowest BCUT2D eigenvalue weighted by Crippen LogP contribution is -2.18. The summed E-state index contributed by atoms with van der Waals surface area (Å²) in [6.45, 7) is 2.05. The molecule has 106 valence electrons. The minimum absolute atomic E-state index is 0.0397. The van der Waals surface area contributed by atoms with Crippen molar-refractivity contribution >= 4 is 17.8 Å². The molecule has 0 unspecified atom stereocenters. The fraction of sp³-hybridized carbons (Fsp3) is 0.600. The van der Waals surface area contributed by atoms with E-state index in [1.54, 1.807) is 6.92 Å². The number of nitrogens with zero attached hydrogens (tertiary/aromatic N) is 3. The van der Waals surface area contributed by atoms with Crippen molar-refractivity contribution in [3.63, 3.8) is 0 Å². The molecular weight excluding hydrogens is 256 g/mol. The molecule has 0 aliphatic carbocycles.